The fourth-order valence-corrected chi connectivity index (χ4v) is 5.75. The number of rotatable bonds is 6. The van der Waals surface area contributed by atoms with Crippen molar-refractivity contribution < 1.29 is 19.4 Å². The Balaban J connectivity index is 1.70. The van der Waals surface area contributed by atoms with E-state index in [1.807, 2.05) is 78.9 Å². The number of phenols is 1. The van der Waals surface area contributed by atoms with Gasteiger partial charge in [0.2, 0.25) is 0 Å². The zero-order valence-corrected chi connectivity index (χ0v) is 20.6. The number of fused-ring (bicyclic) bond motifs is 1. The molecule has 0 aliphatic heterocycles. The third-order valence-electron chi connectivity index (χ3n) is 7.51. The van der Waals surface area contributed by atoms with Gasteiger partial charge in [0, 0.05) is 17.4 Å². The van der Waals surface area contributed by atoms with Crippen LogP contribution in [-0.4, -0.2) is 23.8 Å². The molecule has 0 amide bonds. The highest BCUT2D eigenvalue weighted by Gasteiger charge is 2.58. The molecule has 0 aromatic heterocycles. The number of Topliss-reactive ketones (excluding diaryl/α,β-unsaturated/α-hetero) is 1. The number of hydrogen-bond acceptors (Lipinski definition) is 4. The number of ketones is 2. The zero-order chi connectivity index (χ0) is 26.0. The average Bonchev–Trinajstić information content (AvgIpc) is 2.94. The molecule has 5 rings (SSSR count). The molecule has 0 saturated carbocycles. The Hall–Kier alpha value is -4.44. The second-order valence-corrected chi connectivity index (χ2v) is 9.35. The molecular formula is C33H28O4. The number of ether oxygens (including phenoxy) is 1. The maximum atomic E-state index is 14.3. The summed E-state index contributed by atoms with van der Waals surface area (Å²) >= 11 is 0. The molecule has 1 N–H and O–H groups in total. The van der Waals surface area contributed by atoms with Crippen LogP contribution in [0.1, 0.15) is 23.1 Å². The number of methoxy groups -OCH3 is 1. The number of carbonyl (C=O) groups is 2. The predicted molar refractivity (Wildman–Crippen MR) is 146 cm³/mol. The molecule has 37 heavy (non-hydrogen) atoms. The molecule has 2 aliphatic carbocycles. The van der Waals surface area contributed by atoms with Gasteiger partial charge in [0.05, 0.1) is 12.5 Å². The van der Waals surface area contributed by atoms with E-state index in [1.54, 1.807) is 24.3 Å². The summed E-state index contributed by atoms with van der Waals surface area (Å²) in [4.78, 5) is 28.4. The molecule has 0 bridgehead atoms. The smallest absolute Gasteiger partial charge is 0.168 e. The van der Waals surface area contributed by atoms with Crippen molar-refractivity contribution in [2.75, 3.05) is 7.11 Å². The first kappa shape index (κ1) is 24.3. The van der Waals surface area contributed by atoms with E-state index in [-0.39, 0.29) is 17.3 Å². The number of phenolic OH excluding ortho intramolecular Hbond substituents is 1. The summed E-state index contributed by atoms with van der Waals surface area (Å²) < 4.78 is 5.26. The first-order valence-corrected chi connectivity index (χ1v) is 12.3. The van der Waals surface area contributed by atoms with Gasteiger partial charge in [-0.15, -0.1) is 0 Å². The molecule has 0 saturated heterocycles. The van der Waals surface area contributed by atoms with Crippen molar-refractivity contribution >= 4 is 23.2 Å². The lowest BCUT2D eigenvalue weighted by Gasteiger charge is -2.48. The number of hydrogen-bond donors (Lipinski definition) is 1. The zero-order valence-electron chi connectivity index (χ0n) is 20.6. The Morgan fingerprint density at radius 1 is 1.00 bits per heavy atom. The van der Waals surface area contributed by atoms with Gasteiger partial charge >= 0.3 is 0 Å². The van der Waals surface area contributed by atoms with Gasteiger partial charge in [0.15, 0.2) is 23.1 Å². The molecule has 0 heterocycles. The van der Waals surface area contributed by atoms with E-state index in [1.165, 1.54) is 13.2 Å². The maximum Gasteiger partial charge on any atom is 0.168 e. The summed E-state index contributed by atoms with van der Waals surface area (Å²) in [6.45, 7) is 4.03. The Labute approximate surface area is 216 Å². The van der Waals surface area contributed by atoms with Crippen LogP contribution in [0.3, 0.4) is 0 Å². The Kier molecular flexibility index (Phi) is 6.49. The summed E-state index contributed by atoms with van der Waals surface area (Å²) in [5.41, 5.74) is 2.63. The highest BCUT2D eigenvalue weighted by Crippen LogP contribution is 2.53. The summed E-state index contributed by atoms with van der Waals surface area (Å²) in [6.07, 6.45) is 9.68. The molecule has 184 valence electrons. The highest BCUT2D eigenvalue weighted by molar-refractivity contribution is 6.31. The molecular weight excluding hydrogens is 460 g/mol. The van der Waals surface area contributed by atoms with E-state index in [0.29, 0.717) is 17.7 Å². The van der Waals surface area contributed by atoms with Crippen LogP contribution in [0.4, 0.5) is 0 Å². The van der Waals surface area contributed by atoms with Crippen LogP contribution in [0, 0.1) is 11.8 Å². The lowest BCUT2D eigenvalue weighted by atomic mass is 9.51. The summed E-state index contributed by atoms with van der Waals surface area (Å²) in [5.74, 6) is -0.686. The average molecular weight is 489 g/mol. The second-order valence-electron chi connectivity index (χ2n) is 9.35. The normalized spacial score (nSPS) is 23.3. The van der Waals surface area contributed by atoms with Gasteiger partial charge in [-0.2, -0.15) is 0 Å². The minimum Gasteiger partial charge on any atom is -0.504 e. The number of aromatic hydroxyl groups is 1. The quantitative estimate of drug-likeness (QED) is 0.440. The van der Waals surface area contributed by atoms with Gasteiger partial charge in [-0.3, -0.25) is 9.59 Å². The van der Waals surface area contributed by atoms with Gasteiger partial charge in [-0.1, -0.05) is 97.6 Å². The van der Waals surface area contributed by atoms with Gasteiger partial charge in [0.25, 0.3) is 0 Å². The van der Waals surface area contributed by atoms with E-state index in [9.17, 15) is 14.7 Å². The maximum absolute atomic E-state index is 14.3. The lowest BCUT2D eigenvalue weighted by Crippen LogP contribution is -2.55. The van der Waals surface area contributed by atoms with Crippen molar-refractivity contribution in [1.82, 2.24) is 0 Å². The van der Waals surface area contributed by atoms with E-state index in [2.05, 4.69) is 6.58 Å². The minimum atomic E-state index is -1.10. The van der Waals surface area contributed by atoms with Crippen molar-refractivity contribution in [1.29, 1.82) is 0 Å². The summed E-state index contributed by atoms with van der Waals surface area (Å²) in [5, 5.41) is 10.00. The molecule has 3 unspecified atom stereocenters. The molecule has 3 aromatic carbocycles. The highest BCUT2D eigenvalue weighted by atomic mass is 16.5. The van der Waals surface area contributed by atoms with Crippen LogP contribution in [0.5, 0.6) is 11.5 Å². The fraction of sp³-hybridized carbons (Fsp3) is 0.152. The minimum absolute atomic E-state index is 0.0290. The molecule has 2 aliphatic rings. The van der Waals surface area contributed by atoms with Crippen LogP contribution in [0.15, 0.2) is 115 Å². The molecule has 3 atom stereocenters. The standard InChI is InChI=1S/C33H28O4/c1-3-23-16-18-28-32(36)26(24-10-6-4-7-11-24)21-31(35)33(28,25-12-8-5-9-13-25)27(23)17-14-22-15-19-29(34)30(20-22)37-2/h3-17,19-21,27-28,34H,1,18H2,2H3. The van der Waals surface area contributed by atoms with Crippen LogP contribution < -0.4 is 4.74 Å². The summed E-state index contributed by atoms with van der Waals surface area (Å²) in [7, 11) is 1.50. The van der Waals surface area contributed by atoms with Crippen molar-refractivity contribution in [2.45, 2.75) is 11.8 Å². The van der Waals surface area contributed by atoms with Gasteiger partial charge in [-0.05, 0) is 46.9 Å². The van der Waals surface area contributed by atoms with Crippen molar-refractivity contribution in [3.8, 4) is 11.5 Å². The van der Waals surface area contributed by atoms with E-state index < -0.39 is 17.3 Å². The third kappa shape index (κ3) is 4.05. The molecule has 4 nitrogen and oxygen atoms in total. The summed E-state index contributed by atoms with van der Waals surface area (Å²) in [6, 6.07) is 24.1. The number of carbonyl (C=O) groups excluding carboxylic acids is 2. The lowest BCUT2D eigenvalue weighted by molar-refractivity contribution is -0.132. The molecule has 0 radical (unpaired) electrons. The van der Waals surface area contributed by atoms with Crippen LogP contribution >= 0.6 is 0 Å². The molecule has 0 fully saturated rings. The first-order valence-electron chi connectivity index (χ1n) is 12.3. The van der Waals surface area contributed by atoms with E-state index >= 15 is 0 Å². The number of benzene rings is 3. The van der Waals surface area contributed by atoms with Gasteiger partial charge in [-0.25, -0.2) is 0 Å². The van der Waals surface area contributed by atoms with E-state index in [4.69, 9.17) is 4.74 Å². The third-order valence-corrected chi connectivity index (χ3v) is 7.51. The van der Waals surface area contributed by atoms with Crippen molar-refractivity contribution in [3.63, 3.8) is 0 Å². The largest absolute Gasteiger partial charge is 0.504 e. The Morgan fingerprint density at radius 3 is 2.38 bits per heavy atom. The monoisotopic (exact) mass is 488 g/mol. The second kappa shape index (κ2) is 9.90. The van der Waals surface area contributed by atoms with E-state index in [0.717, 1.165) is 22.3 Å². The van der Waals surface area contributed by atoms with Gasteiger partial charge < -0.3 is 9.84 Å². The van der Waals surface area contributed by atoms with Crippen LogP contribution in [-0.2, 0) is 15.0 Å². The Morgan fingerprint density at radius 2 is 1.70 bits per heavy atom. The van der Waals surface area contributed by atoms with Crippen LogP contribution in [0.25, 0.3) is 11.6 Å². The fourth-order valence-electron chi connectivity index (χ4n) is 5.75. The topological polar surface area (TPSA) is 63.6 Å². The molecule has 3 aromatic rings. The van der Waals surface area contributed by atoms with Crippen LogP contribution in [0.2, 0.25) is 0 Å². The van der Waals surface area contributed by atoms with Gasteiger partial charge in [0.1, 0.15) is 0 Å². The first-order chi connectivity index (χ1) is 18.0. The molecule has 0 spiro atoms. The Bertz CT molecular complexity index is 1450. The van der Waals surface area contributed by atoms with Crippen molar-refractivity contribution in [3.05, 3.63) is 132 Å². The number of allylic oxidation sites excluding steroid dienone is 6. The SMILES string of the molecule is C=CC1=CCC2C(=O)C(c3ccccc3)=CC(=O)C2(c2ccccc2)C1C=Cc1ccc(O)c(OC)c1. The predicted octanol–water partition coefficient (Wildman–Crippen LogP) is 6.34. The molecule has 4 heteroatoms. The van der Waals surface area contributed by atoms with Crippen molar-refractivity contribution in [2.24, 2.45) is 11.8 Å².